The molecule has 0 radical (unpaired) electrons. The van der Waals surface area contributed by atoms with Crippen molar-refractivity contribution in [1.82, 2.24) is 14.9 Å². The Labute approximate surface area is 102 Å². The van der Waals surface area contributed by atoms with Gasteiger partial charge in [-0.15, -0.1) is 0 Å². The van der Waals surface area contributed by atoms with Gasteiger partial charge in [-0.05, 0) is 32.6 Å². The summed E-state index contributed by atoms with van der Waals surface area (Å²) in [6, 6.07) is 2.08. The first-order valence-corrected chi connectivity index (χ1v) is 6.54. The van der Waals surface area contributed by atoms with Crippen molar-refractivity contribution in [3.63, 3.8) is 0 Å². The van der Waals surface area contributed by atoms with Gasteiger partial charge in [0, 0.05) is 36.7 Å². The molecule has 0 spiro atoms. The molecule has 0 aromatic carbocycles. The van der Waals surface area contributed by atoms with Crippen molar-refractivity contribution >= 4 is 0 Å². The number of hydrogen-bond acceptors (Lipinski definition) is 4. The van der Waals surface area contributed by atoms with Crippen molar-refractivity contribution in [2.24, 2.45) is 5.73 Å². The van der Waals surface area contributed by atoms with Gasteiger partial charge in [-0.2, -0.15) is 0 Å². The second kappa shape index (κ2) is 4.35. The van der Waals surface area contributed by atoms with E-state index >= 15 is 0 Å². The summed E-state index contributed by atoms with van der Waals surface area (Å²) >= 11 is 0. The average molecular weight is 232 g/mol. The smallest absolute Gasteiger partial charge is 0.0755 e. The predicted octanol–water partition coefficient (Wildman–Crippen LogP) is 1.49. The molecule has 2 saturated heterocycles. The SMILES string of the molecule is CC(c1cnccn1)N1C2CCC1CC(N)C2. The fraction of sp³-hybridized carbons (Fsp3) is 0.692. The van der Waals surface area contributed by atoms with Crippen LogP contribution in [0.25, 0.3) is 0 Å². The van der Waals surface area contributed by atoms with Gasteiger partial charge in [0.1, 0.15) is 0 Å². The van der Waals surface area contributed by atoms with Crippen molar-refractivity contribution in [3.05, 3.63) is 24.3 Å². The van der Waals surface area contributed by atoms with Crippen molar-refractivity contribution < 1.29 is 0 Å². The summed E-state index contributed by atoms with van der Waals surface area (Å²) < 4.78 is 0. The molecule has 3 heterocycles. The maximum atomic E-state index is 6.10. The molecule has 92 valence electrons. The highest BCUT2D eigenvalue weighted by Crippen LogP contribution is 2.40. The zero-order valence-corrected chi connectivity index (χ0v) is 10.3. The molecular weight excluding hydrogens is 212 g/mol. The molecular formula is C13H20N4. The van der Waals surface area contributed by atoms with Crippen LogP contribution in [0.4, 0.5) is 0 Å². The first-order chi connectivity index (χ1) is 8.25. The Morgan fingerprint density at radius 2 is 2.00 bits per heavy atom. The van der Waals surface area contributed by atoms with E-state index < -0.39 is 0 Å². The van der Waals surface area contributed by atoms with E-state index in [1.165, 1.54) is 12.8 Å². The third-order valence-corrected chi connectivity index (χ3v) is 4.28. The van der Waals surface area contributed by atoms with Gasteiger partial charge in [0.05, 0.1) is 11.7 Å². The van der Waals surface area contributed by atoms with E-state index in [1.807, 2.05) is 6.20 Å². The average Bonchev–Trinajstić information content (AvgIpc) is 2.62. The first-order valence-electron chi connectivity index (χ1n) is 6.54. The molecule has 3 unspecified atom stereocenters. The fourth-order valence-electron chi connectivity index (χ4n) is 3.57. The number of hydrogen-bond donors (Lipinski definition) is 1. The summed E-state index contributed by atoms with van der Waals surface area (Å²) in [5, 5.41) is 0. The van der Waals surface area contributed by atoms with Crippen LogP contribution >= 0.6 is 0 Å². The Bertz CT molecular complexity index is 366. The summed E-state index contributed by atoms with van der Waals surface area (Å²) in [6.45, 7) is 2.24. The second-order valence-electron chi connectivity index (χ2n) is 5.37. The summed E-state index contributed by atoms with van der Waals surface area (Å²) in [5.41, 5.74) is 7.19. The minimum Gasteiger partial charge on any atom is -0.328 e. The van der Waals surface area contributed by atoms with E-state index in [2.05, 4.69) is 21.8 Å². The third kappa shape index (κ3) is 1.96. The monoisotopic (exact) mass is 232 g/mol. The molecule has 3 rings (SSSR count). The maximum absolute atomic E-state index is 6.10. The first kappa shape index (κ1) is 11.1. The van der Waals surface area contributed by atoms with Gasteiger partial charge in [0.25, 0.3) is 0 Å². The molecule has 2 aliphatic rings. The lowest BCUT2D eigenvalue weighted by Gasteiger charge is -2.41. The van der Waals surface area contributed by atoms with Gasteiger partial charge in [-0.25, -0.2) is 0 Å². The molecule has 2 aliphatic heterocycles. The Morgan fingerprint density at radius 1 is 1.29 bits per heavy atom. The van der Waals surface area contributed by atoms with Crippen LogP contribution in [-0.2, 0) is 0 Å². The lowest BCUT2D eigenvalue weighted by atomic mass is 9.96. The van der Waals surface area contributed by atoms with E-state index in [9.17, 15) is 0 Å². The van der Waals surface area contributed by atoms with Crippen molar-refractivity contribution in [2.75, 3.05) is 0 Å². The molecule has 0 amide bonds. The number of aromatic nitrogens is 2. The predicted molar refractivity (Wildman–Crippen MR) is 66.3 cm³/mol. The topological polar surface area (TPSA) is 55.0 Å². The molecule has 3 atom stereocenters. The van der Waals surface area contributed by atoms with Crippen LogP contribution in [0.2, 0.25) is 0 Å². The van der Waals surface area contributed by atoms with Crippen molar-refractivity contribution in [2.45, 2.75) is 56.8 Å². The summed E-state index contributed by atoms with van der Waals surface area (Å²) in [4.78, 5) is 11.2. The molecule has 1 aromatic rings. The van der Waals surface area contributed by atoms with Crippen LogP contribution in [0.5, 0.6) is 0 Å². The highest BCUT2D eigenvalue weighted by Gasteiger charge is 2.42. The van der Waals surface area contributed by atoms with Crippen LogP contribution in [-0.4, -0.2) is 33.0 Å². The van der Waals surface area contributed by atoms with Gasteiger partial charge in [-0.3, -0.25) is 14.9 Å². The van der Waals surface area contributed by atoms with Crippen LogP contribution in [0, 0.1) is 0 Å². The number of nitrogens with two attached hydrogens (primary N) is 1. The molecule has 2 bridgehead atoms. The van der Waals surface area contributed by atoms with E-state index in [0.29, 0.717) is 24.2 Å². The quantitative estimate of drug-likeness (QED) is 0.839. The Hall–Kier alpha value is -1.00. The second-order valence-corrected chi connectivity index (χ2v) is 5.37. The van der Waals surface area contributed by atoms with Crippen LogP contribution in [0.1, 0.15) is 44.3 Å². The van der Waals surface area contributed by atoms with Gasteiger partial charge >= 0.3 is 0 Å². The van der Waals surface area contributed by atoms with Crippen LogP contribution in [0.3, 0.4) is 0 Å². The van der Waals surface area contributed by atoms with Crippen molar-refractivity contribution in [3.8, 4) is 0 Å². The molecule has 0 aliphatic carbocycles. The number of rotatable bonds is 2. The summed E-state index contributed by atoms with van der Waals surface area (Å²) in [5.74, 6) is 0. The largest absolute Gasteiger partial charge is 0.328 e. The van der Waals surface area contributed by atoms with Crippen molar-refractivity contribution in [1.29, 1.82) is 0 Å². The number of nitrogens with zero attached hydrogens (tertiary/aromatic N) is 3. The molecule has 2 N–H and O–H groups in total. The minimum absolute atomic E-state index is 0.369. The molecule has 17 heavy (non-hydrogen) atoms. The van der Waals surface area contributed by atoms with Gasteiger partial charge in [0.2, 0.25) is 0 Å². The molecule has 2 fully saturated rings. The Kier molecular flexibility index (Phi) is 2.84. The zero-order chi connectivity index (χ0) is 11.8. The van der Waals surface area contributed by atoms with Crippen LogP contribution < -0.4 is 5.73 Å². The lowest BCUT2D eigenvalue weighted by molar-refractivity contribution is 0.0832. The van der Waals surface area contributed by atoms with E-state index in [-0.39, 0.29) is 0 Å². The van der Waals surface area contributed by atoms with E-state index in [1.54, 1.807) is 12.4 Å². The Morgan fingerprint density at radius 3 is 2.59 bits per heavy atom. The van der Waals surface area contributed by atoms with E-state index in [0.717, 1.165) is 18.5 Å². The lowest BCUT2D eigenvalue weighted by Crippen LogP contribution is -2.48. The number of fused-ring (bicyclic) bond motifs is 2. The maximum Gasteiger partial charge on any atom is 0.0755 e. The third-order valence-electron chi connectivity index (χ3n) is 4.28. The van der Waals surface area contributed by atoms with Gasteiger partial charge in [0.15, 0.2) is 0 Å². The summed E-state index contributed by atoms with van der Waals surface area (Å²) in [6.07, 6.45) is 10.3. The number of piperidine rings is 1. The van der Waals surface area contributed by atoms with Crippen LogP contribution in [0.15, 0.2) is 18.6 Å². The molecule has 1 aromatic heterocycles. The normalized spacial score (nSPS) is 34.8. The molecule has 4 nitrogen and oxygen atoms in total. The Balaban J connectivity index is 1.81. The minimum atomic E-state index is 0.369. The molecule has 0 saturated carbocycles. The molecule has 4 heteroatoms. The zero-order valence-electron chi connectivity index (χ0n) is 10.3. The summed E-state index contributed by atoms with van der Waals surface area (Å²) in [7, 11) is 0. The van der Waals surface area contributed by atoms with Gasteiger partial charge in [-0.1, -0.05) is 0 Å². The highest BCUT2D eigenvalue weighted by atomic mass is 15.3. The fourth-order valence-corrected chi connectivity index (χ4v) is 3.57. The highest BCUT2D eigenvalue weighted by molar-refractivity contribution is 5.07. The standard InChI is InChI=1S/C13H20N4/c1-9(13-8-15-4-5-16-13)17-11-2-3-12(17)7-10(14)6-11/h4-5,8-12H,2-3,6-7,14H2,1H3. The van der Waals surface area contributed by atoms with E-state index in [4.69, 9.17) is 5.73 Å². The van der Waals surface area contributed by atoms with Gasteiger partial charge < -0.3 is 5.73 Å².